The van der Waals surface area contributed by atoms with Crippen LogP contribution in [0.2, 0.25) is 4.34 Å². The zero-order valence-corrected chi connectivity index (χ0v) is 20.0. The summed E-state index contributed by atoms with van der Waals surface area (Å²) in [6.07, 6.45) is 2.17. The predicted molar refractivity (Wildman–Crippen MR) is 131 cm³/mol. The molecule has 0 aliphatic carbocycles. The SMILES string of the molecule is Cc1nc2cc3c(cc2c(=O)n1-c1ccc(NC(=O)NS(=O)(=O)c2ccc(Cl)s2)cn1)CCN3. The van der Waals surface area contributed by atoms with Crippen molar-refractivity contribution in [3.63, 3.8) is 0 Å². The van der Waals surface area contributed by atoms with Crippen LogP contribution in [0, 0.1) is 6.92 Å². The number of rotatable bonds is 4. The van der Waals surface area contributed by atoms with E-state index in [1.165, 1.54) is 29.0 Å². The van der Waals surface area contributed by atoms with Gasteiger partial charge in [-0.15, -0.1) is 11.3 Å². The topological polar surface area (TPSA) is 135 Å². The van der Waals surface area contributed by atoms with Gasteiger partial charge in [0.25, 0.3) is 15.6 Å². The van der Waals surface area contributed by atoms with E-state index in [0.717, 1.165) is 35.6 Å². The molecule has 3 N–H and O–H groups in total. The minimum absolute atomic E-state index is 0.0822. The van der Waals surface area contributed by atoms with E-state index in [-0.39, 0.29) is 19.8 Å². The Morgan fingerprint density at radius 3 is 2.76 bits per heavy atom. The molecule has 0 atom stereocenters. The summed E-state index contributed by atoms with van der Waals surface area (Å²) >= 11 is 6.60. The molecule has 0 fully saturated rings. The molecule has 3 aromatic heterocycles. The zero-order chi connectivity index (χ0) is 24.0. The van der Waals surface area contributed by atoms with Crippen LogP contribution in [0.4, 0.5) is 16.2 Å². The average molecular weight is 517 g/mol. The standard InChI is InChI=1S/C21H17ClN6O4S2/c1-11-25-16-9-15-12(6-7-23-15)8-14(16)20(29)28(11)18-4-2-13(10-24-18)26-21(30)27-34(31,32)19-5-3-17(22)33-19/h2-5,8-10,23H,6-7H2,1H3,(H2,26,27,30). The van der Waals surface area contributed by atoms with Gasteiger partial charge in [-0.05, 0) is 55.3 Å². The molecule has 0 bridgehead atoms. The number of urea groups is 1. The Morgan fingerprint density at radius 1 is 1.24 bits per heavy atom. The van der Waals surface area contributed by atoms with Crippen molar-refractivity contribution in [3.05, 3.63) is 68.7 Å². The largest absolute Gasteiger partial charge is 0.384 e. The van der Waals surface area contributed by atoms with Gasteiger partial charge in [-0.1, -0.05) is 11.6 Å². The Labute approximate surface area is 202 Å². The maximum atomic E-state index is 13.2. The Morgan fingerprint density at radius 2 is 2.06 bits per heavy atom. The van der Waals surface area contributed by atoms with E-state index in [4.69, 9.17) is 11.6 Å². The second-order valence-electron chi connectivity index (χ2n) is 7.53. The van der Waals surface area contributed by atoms with Crippen molar-refractivity contribution in [2.24, 2.45) is 0 Å². The summed E-state index contributed by atoms with van der Waals surface area (Å²) in [6, 6.07) is 8.57. The number of amides is 2. The molecule has 1 aliphatic rings. The fourth-order valence-corrected chi connectivity index (χ4v) is 6.12. The molecule has 174 valence electrons. The number of aromatic nitrogens is 3. The number of nitrogens with zero attached hydrogens (tertiary/aromatic N) is 3. The van der Waals surface area contributed by atoms with Crippen molar-refractivity contribution >= 4 is 61.3 Å². The summed E-state index contributed by atoms with van der Waals surface area (Å²) in [6.45, 7) is 2.54. The lowest BCUT2D eigenvalue weighted by Gasteiger charge is -2.12. The third-order valence-corrected chi connectivity index (χ3v) is 8.30. The predicted octanol–water partition coefficient (Wildman–Crippen LogP) is 3.28. The van der Waals surface area contributed by atoms with Crippen LogP contribution in [-0.2, 0) is 16.4 Å². The van der Waals surface area contributed by atoms with Crippen LogP contribution in [-0.4, -0.2) is 35.5 Å². The summed E-state index contributed by atoms with van der Waals surface area (Å²) in [5.74, 6) is 0.782. The first-order valence-electron chi connectivity index (χ1n) is 10.1. The van der Waals surface area contributed by atoms with E-state index in [1.807, 2.05) is 16.9 Å². The van der Waals surface area contributed by atoms with E-state index < -0.39 is 16.1 Å². The van der Waals surface area contributed by atoms with Gasteiger partial charge in [-0.2, -0.15) is 0 Å². The fourth-order valence-electron chi connectivity index (χ4n) is 3.73. The van der Waals surface area contributed by atoms with Gasteiger partial charge in [0.15, 0.2) is 0 Å². The van der Waals surface area contributed by atoms with Crippen LogP contribution in [0.15, 0.2) is 51.6 Å². The number of carbonyl (C=O) groups is 1. The lowest BCUT2D eigenvalue weighted by Crippen LogP contribution is -2.34. The molecule has 0 saturated carbocycles. The normalized spacial score (nSPS) is 12.9. The van der Waals surface area contributed by atoms with Crippen LogP contribution in [0.5, 0.6) is 0 Å². The number of pyridine rings is 1. The number of thiophene rings is 1. The van der Waals surface area contributed by atoms with Gasteiger partial charge in [-0.25, -0.2) is 32.5 Å². The lowest BCUT2D eigenvalue weighted by molar-refractivity contribution is 0.256. The van der Waals surface area contributed by atoms with Gasteiger partial charge in [0.2, 0.25) is 0 Å². The summed E-state index contributed by atoms with van der Waals surface area (Å²) in [7, 11) is -4.05. The molecule has 4 aromatic rings. The van der Waals surface area contributed by atoms with Crippen LogP contribution >= 0.6 is 22.9 Å². The van der Waals surface area contributed by atoms with Crippen molar-refractivity contribution in [1.82, 2.24) is 19.3 Å². The number of halogens is 1. The van der Waals surface area contributed by atoms with Gasteiger partial charge in [0.05, 0.1) is 27.1 Å². The first-order chi connectivity index (χ1) is 16.2. The first kappa shape index (κ1) is 22.3. The van der Waals surface area contributed by atoms with Gasteiger partial charge in [0, 0.05) is 12.2 Å². The van der Waals surface area contributed by atoms with E-state index in [2.05, 4.69) is 20.6 Å². The first-order valence-corrected chi connectivity index (χ1v) is 12.7. The molecule has 1 aromatic carbocycles. The molecule has 0 saturated heterocycles. The van der Waals surface area contributed by atoms with Crippen molar-refractivity contribution in [2.75, 3.05) is 17.2 Å². The number of benzene rings is 1. The number of nitrogens with one attached hydrogen (secondary N) is 3. The summed E-state index contributed by atoms with van der Waals surface area (Å²) < 4.78 is 28.0. The number of hydrogen-bond acceptors (Lipinski definition) is 8. The number of fused-ring (bicyclic) bond motifs is 2. The van der Waals surface area contributed by atoms with Crippen LogP contribution < -0.4 is 20.9 Å². The lowest BCUT2D eigenvalue weighted by atomic mass is 10.1. The van der Waals surface area contributed by atoms with Crippen molar-refractivity contribution in [2.45, 2.75) is 17.6 Å². The van der Waals surface area contributed by atoms with E-state index in [9.17, 15) is 18.0 Å². The summed E-state index contributed by atoms with van der Waals surface area (Å²) in [5, 5.41) is 6.19. The number of sulfonamides is 1. The molecule has 10 nitrogen and oxygen atoms in total. The third kappa shape index (κ3) is 4.11. The molecular formula is C21H17ClN6O4S2. The number of aryl methyl sites for hydroxylation is 1. The second-order valence-corrected chi connectivity index (χ2v) is 11.2. The highest BCUT2D eigenvalue weighted by molar-refractivity contribution is 7.92. The van der Waals surface area contributed by atoms with E-state index >= 15 is 0 Å². The van der Waals surface area contributed by atoms with Crippen molar-refractivity contribution < 1.29 is 13.2 Å². The molecule has 0 radical (unpaired) electrons. The molecular weight excluding hydrogens is 500 g/mol. The molecule has 13 heteroatoms. The number of anilines is 2. The molecule has 5 rings (SSSR count). The van der Waals surface area contributed by atoms with Crippen LogP contribution in [0.3, 0.4) is 0 Å². The van der Waals surface area contributed by atoms with Crippen LogP contribution in [0.25, 0.3) is 16.7 Å². The maximum absolute atomic E-state index is 13.2. The molecule has 1 aliphatic heterocycles. The average Bonchev–Trinajstić information content (AvgIpc) is 3.42. The minimum Gasteiger partial charge on any atom is -0.384 e. The minimum atomic E-state index is -4.05. The Hall–Kier alpha value is -3.48. The molecule has 4 heterocycles. The number of hydrogen-bond donors (Lipinski definition) is 3. The van der Waals surface area contributed by atoms with Crippen LogP contribution in [0.1, 0.15) is 11.4 Å². The Bertz CT molecular complexity index is 1610. The fraction of sp³-hybridized carbons (Fsp3) is 0.143. The highest BCUT2D eigenvalue weighted by Crippen LogP contribution is 2.27. The van der Waals surface area contributed by atoms with Gasteiger partial charge >= 0.3 is 6.03 Å². The monoisotopic (exact) mass is 516 g/mol. The highest BCUT2D eigenvalue weighted by atomic mass is 35.5. The molecule has 0 unspecified atom stereocenters. The third-order valence-electron chi connectivity index (χ3n) is 5.25. The van der Waals surface area contributed by atoms with Gasteiger partial charge in [-0.3, -0.25) is 4.79 Å². The highest BCUT2D eigenvalue weighted by Gasteiger charge is 2.20. The molecule has 0 spiro atoms. The second kappa shape index (κ2) is 8.38. The van der Waals surface area contributed by atoms with Gasteiger partial charge in [0.1, 0.15) is 15.9 Å². The van der Waals surface area contributed by atoms with Gasteiger partial charge < -0.3 is 10.6 Å². The Balaban J connectivity index is 1.38. The smallest absolute Gasteiger partial charge is 0.333 e. The number of carbonyl (C=O) groups excluding carboxylic acids is 1. The summed E-state index contributed by atoms with van der Waals surface area (Å²) in [4.78, 5) is 34.2. The van der Waals surface area contributed by atoms with Crippen molar-refractivity contribution in [1.29, 1.82) is 0 Å². The molecule has 2 amide bonds. The van der Waals surface area contributed by atoms with E-state index in [0.29, 0.717) is 22.5 Å². The Kier molecular flexibility index (Phi) is 5.50. The maximum Gasteiger partial charge on any atom is 0.333 e. The molecule has 34 heavy (non-hydrogen) atoms. The summed E-state index contributed by atoms with van der Waals surface area (Å²) in [5.41, 5.74) is 2.66. The quantitative estimate of drug-likeness (QED) is 0.378. The van der Waals surface area contributed by atoms with Crippen molar-refractivity contribution in [3.8, 4) is 5.82 Å². The van der Waals surface area contributed by atoms with E-state index in [1.54, 1.807) is 13.0 Å². The zero-order valence-electron chi connectivity index (χ0n) is 17.6.